The van der Waals surface area contributed by atoms with Crippen molar-refractivity contribution in [3.05, 3.63) is 96.1 Å². The van der Waals surface area contributed by atoms with Crippen LogP contribution in [0.4, 0.5) is 0 Å². The molecular formula is C36H32O4. The van der Waals surface area contributed by atoms with Gasteiger partial charge in [-0.1, -0.05) is 47.5 Å². The van der Waals surface area contributed by atoms with Crippen LogP contribution < -0.4 is 18.9 Å². The minimum atomic E-state index is 0.773. The minimum Gasteiger partial charge on any atom is -0.496 e. The molecule has 0 aromatic heterocycles. The van der Waals surface area contributed by atoms with E-state index in [0.29, 0.717) is 0 Å². The summed E-state index contributed by atoms with van der Waals surface area (Å²) in [6.07, 6.45) is 0. The van der Waals surface area contributed by atoms with E-state index in [-0.39, 0.29) is 0 Å². The number of benzene rings is 6. The largest absolute Gasteiger partial charge is 0.496 e. The number of hydrogen-bond acceptors (Lipinski definition) is 4. The molecular weight excluding hydrogens is 496 g/mol. The van der Waals surface area contributed by atoms with Crippen LogP contribution in [0.15, 0.2) is 84.9 Å². The van der Waals surface area contributed by atoms with Gasteiger partial charge >= 0.3 is 0 Å². The van der Waals surface area contributed by atoms with Crippen molar-refractivity contribution >= 4 is 32.3 Å². The summed E-state index contributed by atoms with van der Waals surface area (Å²) in [6, 6.07) is 29.9. The molecule has 0 spiro atoms. The van der Waals surface area contributed by atoms with Crippen molar-refractivity contribution in [1.82, 2.24) is 0 Å². The van der Waals surface area contributed by atoms with Crippen LogP contribution in [-0.4, -0.2) is 28.4 Å². The topological polar surface area (TPSA) is 36.9 Å². The Morgan fingerprint density at radius 2 is 0.600 bits per heavy atom. The van der Waals surface area contributed by atoms with Gasteiger partial charge in [0.15, 0.2) is 0 Å². The van der Waals surface area contributed by atoms with E-state index in [1.54, 1.807) is 28.4 Å². The molecule has 0 bridgehead atoms. The second kappa shape index (κ2) is 10.1. The molecule has 6 aromatic rings. The van der Waals surface area contributed by atoms with Gasteiger partial charge in [-0.25, -0.2) is 0 Å². The van der Waals surface area contributed by atoms with Crippen LogP contribution >= 0.6 is 0 Å². The van der Waals surface area contributed by atoms with Crippen molar-refractivity contribution in [3.8, 4) is 45.3 Å². The van der Waals surface area contributed by atoms with Gasteiger partial charge in [-0.2, -0.15) is 0 Å². The summed E-state index contributed by atoms with van der Waals surface area (Å²) < 4.78 is 23.6. The molecule has 0 aliphatic carbocycles. The van der Waals surface area contributed by atoms with Gasteiger partial charge in [0, 0.05) is 22.3 Å². The molecule has 0 radical (unpaired) electrons. The van der Waals surface area contributed by atoms with Gasteiger partial charge in [0.25, 0.3) is 0 Å². The Labute approximate surface area is 234 Å². The highest BCUT2D eigenvalue weighted by molar-refractivity contribution is 6.00. The second-order valence-corrected chi connectivity index (χ2v) is 10.3. The fourth-order valence-corrected chi connectivity index (χ4v) is 5.62. The van der Waals surface area contributed by atoms with Crippen molar-refractivity contribution in [2.45, 2.75) is 13.8 Å². The summed E-state index contributed by atoms with van der Waals surface area (Å²) in [5.74, 6) is 3.15. The maximum Gasteiger partial charge on any atom is 0.127 e. The maximum absolute atomic E-state index is 5.94. The number of rotatable bonds is 6. The van der Waals surface area contributed by atoms with E-state index in [1.165, 1.54) is 11.1 Å². The molecule has 0 unspecified atom stereocenters. The van der Waals surface area contributed by atoms with Crippen molar-refractivity contribution in [2.24, 2.45) is 0 Å². The normalized spacial score (nSPS) is 11.2. The predicted molar refractivity (Wildman–Crippen MR) is 166 cm³/mol. The van der Waals surface area contributed by atoms with E-state index < -0.39 is 0 Å². The van der Waals surface area contributed by atoms with Crippen molar-refractivity contribution in [3.63, 3.8) is 0 Å². The van der Waals surface area contributed by atoms with Gasteiger partial charge in [0.2, 0.25) is 0 Å². The summed E-state index contributed by atoms with van der Waals surface area (Å²) in [6.45, 7) is 4.20. The molecule has 4 heteroatoms. The first kappa shape index (κ1) is 25.6. The minimum absolute atomic E-state index is 0.773. The number of aryl methyl sites for hydroxylation is 2. The van der Waals surface area contributed by atoms with Gasteiger partial charge in [0.05, 0.1) is 28.4 Å². The second-order valence-electron chi connectivity index (χ2n) is 10.3. The first-order chi connectivity index (χ1) is 19.4. The molecule has 0 heterocycles. The lowest BCUT2D eigenvalue weighted by atomic mass is 9.93. The molecule has 0 N–H and O–H groups in total. The zero-order valence-corrected chi connectivity index (χ0v) is 23.7. The fraction of sp³-hybridized carbons (Fsp3) is 0.167. The SMILES string of the molecule is COc1cc2cc(C)ccc2cc1-c1cc2cc(OC)c(-c3cc4ccc(C)cc4cc3OC)cc2cc1OC. The molecule has 0 fully saturated rings. The van der Waals surface area contributed by atoms with E-state index >= 15 is 0 Å². The molecule has 200 valence electrons. The maximum atomic E-state index is 5.94. The Kier molecular flexibility index (Phi) is 6.47. The number of methoxy groups -OCH3 is 4. The summed E-state index contributed by atoms with van der Waals surface area (Å²) in [7, 11) is 6.84. The summed E-state index contributed by atoms with van der Waals surface area (Å²) in [5.41, 5.74) is 6.31. The molecule has 40 heavy (non-hydrogen) atoms. The third kappa shape index (κ3) is 4.36. The average molecular weight is 529 g/mol. The zero-order valence-electron chi connectivity index (χ0n) is 23.7. The molecule has 0 aliphatic heterocycles. The van der Waals surface area contributed by atoms with Gasteiger partial charge in [-0.05, 0) is 94.7 Å². The third-order valence-electron chi connectivity index (χ3n) is 7.69. The fourth-order valence-electron chi connectivity index (χ4n) is 5.62. The summed E-state index contributed by atoms with van der Waals surface area (Å²) in [4.78, 5) is 0. The molecule has 6 aromatic carbocycles. The molecule has 0 amide bonds. The van der Waals surface area contributed by atoms with Crippen molar-refractivity contribution in [2.75, 3.05) is 28.4 Å². The highest BCUT2D eigenvalue weighted by atomic mass is 16.5. The van der Waals surface area contributed by atoms with Crippen LogP contribution in [0.3, 0.4) is 0 Å². The van der Waals surface area contributed by atoms with Gasteiger partial charge in [0.1, 0.15) is 23.0 Å². The molecule has 6 rings (SSSR count). The third-order valence-corrected chi connectivity index (χ3v) is 7.69. The lowest BCUT2D eigenvalue weighted by Crippen LogP contribution is -1.95. The van der Waals surface area contributed by atoms with Crippen LogP contribution in [0.2, 0.25) is 0 Å². The highest BCUT2D eigenvalue weighted by Gasteiger charge is 2.18. The van der Waals surface area contributed by atoms with E-state index in [9.17, 15) is 0 Å². The summed E-state index contributed by atoms with van der Waals surface area (Å²) in [5, 5.41) is 6.66. The lowest BCUT2D eigenvalue weighted by Gasteiger charge is -2.18. The average Bonchev–Trinajstić information content (AvgIpc) is 2.98. The van der Waals surface area contributed by atoms with Crippen LogP contribution in [0.25, 0.3) is 54.6 Å². The van der Waals surface area contributed by atoms with E-state index in [0.717, 1.165) is 77.6 Å². The summed E-state index contributed by atoms with van der Waals surface area (Å²) >= 11 is 0. The Morgan fingerprint density at radius 1 is 0.325 bits per heavy atom. The van der Waals surface area contributed by atoms with Crippen LogP contribution in [0.5, 0.6) is 23.0 Å². The Morgan fingerprint density at radius 3 is 0.900 bits per heavy atom. The van der Waals surface area contributed by atoms with E-state index in [4.69, 9.17) is 18.9 Å². The molecule has 4 nitrogen and oxygen atoms in total. The van der Waals surface area contributed by atoms with Gasteiger partial charge < -0.3 is 18.9 Å². The van der Waals surface area contributed by atoms with Crippen LogP contribution in [-0.2, 0) is 0 Å². The Balaban J connectivity index is 1.57. The standard InChI is InChI=1S/C36H32O4/c1-21-7-9-23-13-29(33(37-3)17-25(23)11-21)31-15-27-20-36(40-6)32(16-28(27)19-35(31)39-5)30-14-24-10-8-22(2)12-26(24)18-34(30)38-4/h7-20H,1-6H3. The monoisotopic (exact) mass is 528 g/mol. The first-order valence-electron chi connectivity index (χ1n) is 13.3. The lowest BCUT2D eigenvalue weighted by molar-refractivity contribution is 0.410. The quantitative estimate of drug-likeness (QED) is 0.216. The van der Waals surface area contributed by atoms with E-state index in [1.807, 2.05) is 0 Å². The molecule has 0 saturated carbocycles. The van der Waals surface area contributed by atoms with Gasteiger partial charge in [-0.15, -0.1) is 0 Å². The van der Waals surface area contributed by atoms with Crippen molar-refractivity contribution in [1.29, 1.82) is 0 Å². The van der Waals surface area contributed by atoms with Crippen LogP contribution in [0.1, 0.15) is 11.1 Å². The zero-order chi connectivity index (χ0) is 28.0. The Hall–Kier alpha value is -4.70. The van der Waals surface area contributed by atoms with Crippen LogP contribution in [0, 0.1) is 13.8 Å². The smallest absolute Gasteiger partial charge is 0.127 e. The number of ether oxygens (including phenoxy) is 4. The highest BCUT2D eigenvalue weighted by Crippen LogP contribution is 2.45. The Bertz CT molecular complexity index is 1780. The molecule has 0 saturated heterocycles. The van der Waals surface area contributed by atoms with Gasteiger partial charge in [-0.3, -0.25) is 0 Å². The van der Waals surface area contributed by atoms with E-state index in [2.05, 4.69) is 98.8 Å². The first-order valence-corrected chi connectivity index (χ1v) is 13.3. The predicted octanol–water partition coefficient (Wildman–Crippen LogP) is 9.13. The van der Waals surface area contributed by atoms with Crippen molar-refractivity contribution < 1.29 is 18.9 Å². The number of fused-ring (bicyclic) bond motifs is 3. The molecule has 0 aliphatic rings. The number of hydrogen-bond donors (Lipinski definition) is 0. The molecule has 0 atom stereocenters.